The van der Waals surface area contributed by atoms with Gasteiger partial charge in [-0.1, -0.05) is 0 Å². The number of pyridine rings is 1. The molecule has 1 aromatic carbocycles. The molecule has 2 aromatic rings. The molecule has 0 bridgehead atoms. The lowest BCUT2D eigenvalue weighted by atomic mass is 10.0. The molecule has 19 heavy (non-hydrogen) atoms. The fraction of sp³-hybridized carbons (Fsp3) is 0.400. The van der Waals surface area contributed by atoms with Crippen LogP contribution in [0.25, 0.3) is 10.9 Å². The topological polar surface area (TPSA) is 43.3 Å². The average molecular weight is 260 g/mol. The largest absolute Gasteiger partial charge is 0.497 e. The number of methoxy groups -OCH3 is 1. The molecule has 0 atom stereocenters. The Kier molecular flexibility index (Phi) is 3.90. The molecule has 2 rings (SSSR count). The molecule has 0 radical (unpaired) electrons. The molecule has 0 spiro atoms. The summed E-state index contributed by atoms with van der Waals surface area (Å²) in [6.07, 6.45) is 0.747. The van der Waals surface area contributed by atoms with E-state index in [-0.39, 0.29) is 5.56 Å². The molecular weight excluding hydrogens is 240 g/mol. The van der Waals surface area contributed by atoms with Crippen LogP contribution in [0.1, 0.15) is 11.1 Å². The van der Waals surface area contributed by atoms with E-state index in [1.165, 1.54) is 0 Å². The summed E-state index contributed by atoms with van der Waals surface area (Å²) in [7, 11) is 5.34. The quantitative estimate of drug-likeness (QED) is 0.908. The molecule has 4 nitrogen and oxygen atoms in total. The maximum Gasteiger partial charge on any atom is 0.254 e. The van der Waals surface area contributed by atoms with Crippen LogP contribution in [-0.2, 0) is 13.5 Å². The van der Waals surface area contributed by atoms with E-state index in [4.69, 9.17) is 4.74 Å². The Hall–Kier alpha value is -1.81. The number of benzene rings is 1. The van der Waals surface area contributed by atoms with E-state index in [2.05, 4.69) is 5.32 Å². The Labute approximate surface area is 113 Å². The zero-order valence-electron chi connectivity index (χ0n) is 11.9. The molecule has 1 aromatic heterocycles. The minimum Gasteiger partial charge on any atom is -0.497 e. The Morgan fingerprint density at radius 3 is 2.74 bits per heavy atom. The number of rotatable bonds is 4. The lowest BCUT2D eigenvalue weighted by Gasteiger charge is -2.14. The van der Waals surface area contributed by atoms with Gasteiger partial charge in [0.1, 0.15) is 5.75 Å². The number of fused-ring (bicyclic) bond motifs is 1. The third kappa shape index (κ3) is 2.36. The van der Waals surface area contributed by atoms with Crippen LogP contribution >= 0.6 is 0 Å². The fourth-order valence-electron chi connectivity index (χ4n) is 2.41. The highest BCUT2D eigenvalue weighted by molar-refractivity contribution is 5.84. The molecule has 0 aliphatic rings. The van der Waals surface area contributed by atoms with E-state index < -0.39 is 0 Å². The molecule has 0 unspecified atom stereocenters. The van der Waals surface area contributed by atoms with Gasteiger partial charge >= 0.3 is 0 Å². The number of hydrogen-bond donors (Lipinski definition) is 1. The smallest absolute Gasteiger partial charge is 0.254 e. The molecule has 1 N–H and O–H groups in total. The van der Waals surface area contributed by atoms with Crippen LogP contribution in [0.2, 0.25) is 0 Å². The normalized spacial score (nSPS) is 10.9. The van der Waals surface area contributed by atoms with Gasteiger partial charge in [-0.25, -0.2) is 0 Å². The van der Waals surface area contributed by atoms with Crippen LogP contribution in [0.5, 0.6) is 5.75 Å². The van der Waals surface area contributed by atoms with E-state index in [1.807, 2.05) is 39.2 Å². The molecule has 0 amide bonds. The Bertz CT molecular complexity index is 659. The van der Waals surface area contributed by atoms with Crippen LogP contribution < -0.4 is 15.6 Å². The number of aromatic nitrogens is 1. The Morgan fingerprint density at radius 1 is 1.37 bits per heavy atom. The van der Waals surface area contributed by atoms with Crippen molar-refractivity contribution in [3.8, 4) is 5.75 Å². The minimum atomic E-state index is 0.0773. The number of likely N-dealkylation sites (N-methyl/N-ethyl adjacent to an activating group) is 1. The maximum atomic E-state index is 12.4. The van der Waals surface area contributed by atoms with Gasteiger partial charge in [0, 0.05) is 24.1 Å². The molecule has 0 saturated heterocycles. The standard InChI is InChI=1S/C15H20N2O2/c1-10-12-6-5-11(19-4)9-14(12)17(3)15(18)13(10)7-8-16-2/h5-6,9,16H,7-8H2,1-4H3. The number of aryl methyl sites for hydroxylation is 2. The van der Waals surface area contributed by atoms with Crippen molar-refractivity contribution in [3.63, 3.8) is 0 Å². The van der Waals surface area contributed by atoms with E-state index in [1.54, 1.807) is 11.7 Å². The maximum absolute atomic E-state index is 12.4. The van der Waals surface area contributed by atoms with Gasteiger partial charge in [0.2, 0.25) is 0 Å². The summed E-state index contributed by atoms with van der Waals surface area (Å²) in [6, 6.07) is 5.86. The second kappa shape index (κ2) is 5.45. The number of ether oxygens (including phenoxy) is 1. The van der Waals surface area contributed by atoms with Crippen LogP contribution in [0.15, 0.2) is 23.0 Å². The van der Waals surface area contributed by atoms with E-state index in [9.17, 15) is 4.79 Å². The predicted molar refractivity (Wildman–Crippen MR) is 78.1 cm³/mol. The highest BCUT2D eigenvalue weighted by Crippen LogP contribution is 2.23. The second-order valence-electron chi connectivity index (χ2n) is 4.70. The monoisotopic (exact) mass is 260 g/mol. The molecule has 4 heteroatoms. The number of nitrogens with one attached hydrogen (secondary N) is 1. The molecule has 0 aliphatic carbocycles. The first kappa shape index (κ1) is 13.6. The summed E-state index contributed by atoms with van der Waals surface area (Å²) in [5, 5.41) is 4.19. The van der Waals surface area contributed by atoms with Gasteiger partial charge in [0.15, 0.2) is 0 Å². The van der Waals surface area contributed by atoms with Crippen LogP contribution in [-0.4, -0.2) is 25.3 Å². The minimum absolute atomic E-state index is 0.0773. The molecule has 0 fully saturated rings. The first-order valence-electron chi connectivity index (χ1n) is 6.41. The third-order valence-corrected chi connectivity index (χ3v) is 3.61. The van der Waals surface area contributed by atoms with Crippen molar-refractivity contribution in [2.75, 3.05) is 20.7 Å². The predicted octanol–water partition coefficient (Wildman–Crippen LogP) is 1.62. The summed E-state index contributed by atoms with van der Waals surface area (Å²) in [4.78, 5) is 12.4. The van der Waals surface area contributed by atoms with Crippen molar-refractivity contribution in [1.82, 2.24) is 9.88 Å². The van der Waals surface area contributed by atoms with E-state index in [0.717, 1.165) is 40.7 Å². The zero-order chi connectivity index (χ0) is 14.0. The van der Waals surface area contributed by atoms with E-state index in [0.29, 0.717) is 0 Å². The van der Waals surface area contributed by atoms with Gasteiger partial charge in [-0.15, -0.1) is 0 Å². The molecule has 0 saturated carbocycles. The van der Waals surface area contributed by atoms with Gasteiger partial charge < -0.3 is 14.6 Å². The summed E-state index contributed by atoms with van der Waals surface area (Å²) in [5.74, 6) is 0.768. The van der Waals surface area contributed by atoms with Crippen LogP contribution in [0, 0.1) is 6.92 Å². The highest BCUT2D eigenvalue weighted by atomic mass is 16.5. The number of nitrogens with zero attached hydrogens (tertiary/aromatic N) is 1. The summed E-state index contributed by atoms with van der Waals surface area (Å²) < 4.78 is 6.93. The van der Waals surface area contributed by atoms with E-state index >= 15 is 0 Å². The Morgan fingerprint density at radius 2 is 2.11 bits per heavy atom. The van der Waals surface area contributed by atoms with Crippen molar-refractivity contribution in [2.45, 2.75) is 13.3 Å². The summed E-state index contributed by atoms with van der Waals surface area (Å²) in [6.45, 7) is 2.82. The Balaban J connectivity index is 2.72. The van der Waals surface area contributed by atoms with Gasteiger partial charge in [0.05, 0.1) is 12.6 Å². The fourth-order valence-corrected chi connectivity index (χ4v) is 2.41. The molecular formula is C15H20N2O2. The van der Waals surface area contributed by atoms with Crippen LogP contribution in [0.3, 0.4) is 0 Å². The third-order valence-electron chi connectivity index (χ3n) is 3.61. The lowest BCUT2D eigenvalue weighted by Crippen LogP contribution is -2.25. The lowest BCUT2D eigenvalue weighted by molar-refractivity contribution is 0.415. The highest BCUT2D eigenvalue weighted by Gasteiger charge is 2.12. The molecule has 0 aliphatic heterocycles. The summed E-state index contributed by atoms with van der Waals surface area (Å²) >= 11 is 0. The second-order valence-corrected chi connectivity index (χ2v) is 4.70. The van der Waals surface area contributed by atoms with Crippen molar-refractivity contribution in [2.24, 2.45) is 7.05 Å². The van der Waals surface area contributed by atoms with Gasteiger partial charge in [-0.2, -0.15) is 0 Å². The first-order valence-corrected chi connectivity index (χ1v) is 6.41. The van der Waals surface area contributed by atoms with Gasteiger partial charge in [-0.3, -0.25) is 4.79 Å². The average Bonchev–Trinajstić information content (AvgIpc) is 2.44. The van der Waals surface area contributed by atoms with Crippen LogP contribution in [0.4, 0.5) is 0 Å². The number of hydrogen-bond acceptors (Lipinski definition) is 3. The zero-order valence-corrected chi connectivity index (χ0v) is 11.9. The molecule has 102 valence electrons. The SMILES string of the molecule is CNCCc1c(C)c2ccc(OC)cc2n(C)c1=O. The van der Waals surface area contributed by atoms with Gasteiger partial charge in [0.25, 0.3) is 5.56 Å². The van der Waals surface area contributed by atoms with Crippen molar-refractivity contribution < 1.29 is 4.74 Å². The first-order chi connectivity index (χ1) is 9.10. The van der Waals surface area contributed by atoms with Crippen molar-refractivity contribution >= 4 is 10.9 Å². The molecule has 1 heterocycles. The van der Waals surface area contributed by atoms with Crippen molar-refractivity contribution in [1.29, 1.82) is 0 Å². The summed E-state index contributed by atoms with van der Waals surface area (Å²) in [5.41, 5.74) is 2.94. The van der Waals surface area contributed by atoms with Crippen molar-refractivity contribution in [3.05, 3.63) is 39.7 Å². The van der Waals surface area contributed by atoms with Gasteiger partial charge in [-0.05, 0) is 44.6 Å².